The second-order valence-electron chi connectivity index (χ2n) is 6.41. The number of ether oxygens (including phenoxy) is 5. The van der Waals surface area contributed by atoms with Crippen molar-refractivity contribution in [1.82, 2.24) is 0 Å². The van der Waals surface area contributed by atoms with E-state index in [0.29, 0.717) is 64.4 Å². The first-order chi connectivity index (χ1) is 13.8. The van der Waals surface area contributed by atoms with Crippen molar-refractivity contribution in [3.63, 3.8) is 0 Å². The molecule has 6 heteroatoms. The summed E-state index contributed by atoms with van der Waals surface area (Å²) >= 11 is 0. The van der Waals surface area contributed by atoms with E-state index >= 15 is 0 Å². The average Bonchev–Trinajstić information content (AvgIpc) is 3.24. The first-order valence-electron chi connectivity index (χ1n) is 9.65. The summed E-state index contributed by atoms with van der Waals surface area (Å²) in [5, 5.41) is 12.2. The van der Waals surface area contributed by atoms with Gasteiger partial charge in [0.1, 0.15) is 13.2 Å². The quantitative estimate of drug-likeness (QED) is 0.790. The fourth-order valence-electron chi connectivity index (χ4n) is 2.83. The maximum absolute atomic E-state index is 12.2. The molecule has 28 heavy (non-hydrogen) atoms. The largest absolute Gasteiger partial charge is 0.848 e. The number of allylic oxidation sites excluding steroid dienone is 2. The van der Waals surface area contributed by atoms with Gasteiger partial charge in [-0.1, -0.05) is 48.6 Å². The highest BCUT2D eigenvalue weighted by Crippen LogP contribution is 2.29. The zero-order valence-electron chi connectivity index (χ0n) is 16.0. The van der Waals surface area contributed by atoms with E-state index in [9.17, 15) is 5.11 Å². The Kier molecular flexibility index (Phi) is 8.58. The van der Waals surface area contributed by atoms with Crippen LogP contribution in [0.5, 0.6) is 11.5 Å². The minimum Gasteiger partial charge on any atom is -0.848 e. The van der Waals surface area contributed by atoms with Gasteiger partial charge in [0.2, 0.25) is 0 Å². The number of hydrogen-bond acceptors (Lipinski definition) is 6. The topological polar surface area (TPSA) is 69.2 Å². The van der Waals surface area contributed by atoms with Crippen LogP contribution in [0, 0.1) is 5.92 Å². The van der Waals surface area contributed by atoms with Gasteiger partial charge in [-0.3, -0.25) is 0 Å². The number of rotatable bonds is 3. The standard InChI is InChI=1S/C22H27O6/c23-20(19-3-1-2-4-19)7-5-18-6-8-21-22(17-18)28-16-14-26-12-10-24-9-11-25-13-15-27-21/h1-8,17,19-20H,9-16H2/q-1. The van der Waals surface area contributed by atoms with E-state index in [0.717, 1.165) is 5.56 Å². The minimum atomic E-state index is -0.808. The lowest BCUT2D eigenvalue weighted by atomic mass is 10.0. The summed E-state index contributed by atoms with van der Waals surface area (Å²) in [7, 11) is 0. The number of hydrogen-bond donors (Lipinski definition) is 0. The molecule has 0 bridgehead atoms. The van der Waals surface area contributed by atoms with Crippen LogP contribution in [0.1, 0.15) is 5.56 Å². The van der Waals surface area contributed by atoms with Gasteiger partial charge < -0.3 is 28.8 Å². The molecular formula is C22H27O6-. The van der Waals surface area contributed by atoms with Gasteiger partial charge in [-0.05, 0) is 23.6 Å². The summed E-state index contributed by atoms with van der Waals surface area (Å²) in [6, 6.07) is 5.64. The molecule has 0 spiro atoms. The molecule has 2 aliphatic rings. The van der Waals surface area contributed by atoms with Crippen LogP contribution in [0.4, 0.5) is 0 Å². The summed E-state index contributed by atoms with van der Waals surface area (Å²) in [6.07, 6.45) is 10.3. The highest BCUT2D eigenvalue weighted by atomic mass is 16.6. The van der Waals surface area contributed by atoms with Crippen LogP contribution in [-0.4, -0.2) is 59.0 Å². The van der Waals surface area contributed by atoms with Gasteiger partial charge in [0.25, 0.3) is 0 Å². The lowest BCUT2D eigenvalue weighted by Crippen LogP contribution is -2.28. The van der Waals surface area contributed by atoms with Gasteiger partial charge in [0, 0.05) is 0 Å². The molecule has 1 aromatic carbocycles. The van der Waals surface area contributed by atoms with E-state index in [2.05, 4.69) is 0 Å². The van der Waals surface area contributed by atoms with Crippen LogP contribution < -0.4 is 14.6 Å². The van der Waals surface area contributed by atoms with Crippen molar-refractivity contribution < 1.29 is 28.8 Å². The molecule has 0 saturated carbocycles. The SMILES string of the molecule is [O-]C(C=Cc1ccc2c(c1)OCCOCCOCCOCCO2)C1C=CC=C1. The van der Waals surface area contributed by atoms with Gasteiger partial charge in [0.05, 0.1) is 39.6 Å². The third-order valence-electron chi connectivity index (χ3n) is 4.32. The second-order valence-corrected chi connectivity index (χ2v) is 6.41. The van der Waals surface area contributed by atoms with Crippen molar-refractivity contribution in [3.05, 3.63) is 54.1 Å². The molecule has 1 aliphatic carbocycles. The van der Waals surface area contributed by atoms with Gasteiger partial charge in [-0.2, -0.15) is 0 Å². The van der Waals surface area contributed by atoms with Crippen molar-refractivity contribution in [3.8, 4) is 11.5 Å². The van der Waals surface area contributed by atoms with Crippen LogP contribution in [0.2, 0.25) is 0 Å². The number of benzene rings is 1. The van der Waals surface area contributed by atoms with Crippen LogP contribution in [-0.2, 0) is 14.2 Å². The first kappa shape index (κ1) is 20.6. The molecule has 0 fully saturated rings. The Labute approximate surface area is 166 Å². The highest BCUT2D eigenvalue weighted by Gasteiger charge is 2.08. The predicted octanol–water partition coefficient (Wildman–Crippen LogP) is 1.99. The van der Waals surface area contributed by atoms with E-state index in [1.54, 1.807) is 6.08 Å². The molecule has 0 radical (unpaired) electrons. The van der Waals surface area contributed by atoms with Gasteiger partial charge >= 0.3 is 0 Å². The van der Waals surface area contributed by atoms with Crippen LogP contribution in [0.15, 0.2) is 48.6 Å². The van der Waals surface area contributed by atoms with E-state index in [1.807, 2.05) is 48.6 Å². The zero-order chi connectivity index (χ0) is 19.4. The van der Waals surface area contributed by atoms with E-state index in [-0.39, 0.29) is 5.92 Å². The molecular weight excluding hydrogens is 360 g/mol. The van der Waals surface area contributed by atoms with Crippen molar-refractivity contribution in [1.29, 1.82) is 0 Å². The molecule has 0 saturated heterocycles. The summed E-state index contributed by atoms with van der Waals surface area (Å²) in [5.74, 6) is 1.19. The van der Waals surface area contributed by atoms with Crippen LogP contribution in [0.3, 0.4) is 0 Å². The third-order valence-corrected chi connectivity index (χ3v) is 4.32. The molecule has 0 amide bonds. The van der Waals surface area contributed by atoms with Crippen molar-refractivity contribution in [2.45, 2.75) is 6.10 Å². The number of fused-ring (bicyclic) bond motifs is 1. The van der Waals surface area contributed by atoms with Crippen molar-refractivity contribution >= 4 is 6.08 Å². The molecule has 1 atom stereocenters. The van der Waals surface area contributed by atoms with Crippen LogP contribution >= 0.6 is 0 Å². The lowest BCUT2D eigenvalue weighted by molar-refractivity contribution is -0.408. The summed E-state index contributed by atoms with van der Waals surface area (Å²) in [5.41, 5.74) is 0.887. The zero-order valence-corrected chi connectivity index (χ0v) is 16.0. The maximum atomic E-state index is 12.2. The Morgan fingerprint density at radius 2 is 1.36 bits per heavy atom. The molecule has 3 rings (SSSR count). The molecule has 6 nitrogen and oxygen atoms in total. The molecule has 1 aliphatic heterocycles. The Balaban J connectivity index is 1.63. The van der Waals surface area contributed by atoms with Gasteiger partial charge in [-0.25, -0.2) is 0 Å². The molecule has 0 aromatic heterocycles. The smallest absolute Gasteiger partial charge is 0.161 e. The predicted molar refractivity (Wildman–Crippen MR) is 104 cm³/mol. The Hall–Kier alpha value is -2.12. The second kappa shape index (κ2) is 11.7. The average molecular weight is 387 g/mol. The molecule has 1 heterocycles. The maximum Gasteiger partial charge on any atom is 0.161 e. The fourth-order valence-corrected chi connectivity index (χ4v) is 2.83. The Morgan fingerprint density at radius 3 is 2.00 bits per heavy atom. The highest BCUT2D eigenvalue weighted by molar-refractivity contribution is 5.56. The monoisotopic (exact) mass is 387 g/mol. The van der Waals surface area contributed by atoms with Crippen LogP contribution in [0.25, 0.3) is 6.08 Å². The van der Waals surface area contributed by atoms with Gasteiger partial charge in [-0.15, -0.1) is 0 Å². The third kappa shape index (κ3) is 6.80. The van der Waals surface area contributed by atoms with E-state index in [1.165, 1.54) is 0 Å². The summed E-state index contributed by atoms with van der Waals surface area (Å²) in [4.78, 5) is 0. The van der Waals surface area contributed by atoms with Crippen molar-refractivity contribution in [2.24, 2.45) is 5.92 Å². The minimum absolute atomic E-state index is 0.0849. The first-order valence-corrected chi connectivity index (χ1v) is 9.65. The lowest BCUT2D eigenvalue weighted by Gasteiger charge is -2.22. The summed E-state index contributed by atoms with van der Waals surface area (Å²) in [6.45, 7) is 3.88. The van der Waals surface area contributed by atoms with E-state index < -0.39 is 6.10 Å². The summed E-state index contributed by atoms with van der Waals surface area (Å²) < 4.78 is 28.0. The molecule has 1 aromatic rings. The Morgan fingerprint density at radius 1 is 0.786 bits per heavy atom. The fraction of sp³-hybridized carbons (Fsp3) is 0.455. The van der Waals surface area contributed by atoms with Crippen molar-refractivity contribution in [2.75, 3.05) is 52.9 Å². The molecule has 0 N–H and O–H groups in total. The normalized spacial score (nSPS) is 20.8. The Bertz CT molecular complexity index is 670. The van der Waals surface area contributed by atoms with Gasteiger partial charge in [0.15, 0.2) is 11.5 Å². The molecule has 152 valence electrons. The molecule has 1 unspecified atom stereocenters. The van der Waals surface area contributed by atoms with E-state index in [4.69, 9.17) is 23.7 Å².